The van der Waals surface area contributed by atoms with Gasteiger partial charge in [0.1, 0.15) is 17.5 Å². The van der Waals surface area contributed by atoms with E-state index in [4.69, 9.17) is 11.5 Å². The summed E-state index contributed by atoms with van der Waals surface area (Å²) in [5, 5.41) is 0. The maximum absolute atomic E-state index is 13.6. The molecule has 0 heterocycles. The first kappa shape index (κ1) is 11.3. The SMILES string of the molecule is Nc1ccc(F)c(-c2c(F)cccc2F)c1N. The summed E-state index contributed by atoms with van der Waals surface area (Å²) in [7, 11) is 0. The topological polar surface area (TPSA) is 52.0 Å². The lowest BCUT2D eigenvalue weighted by Crippen LogP contribution is -2.02. The van der Waals surface area contributed by atoms with E-state index in [0.717, 1.165) is 18.2 Å². The second-order valence-electron chi connectivity index (χ2n) is 3.52. The Kier molecular flexibility index (Phi) is 2.67. The number of hydrogen-bond donors (Lipinski definition) is 2. The lowest BCUT2D eigenvalue weighted by molar-refractivity contribution is 0.582. The van der Waals surface area contributed by atoms with Crippen LogP contribution in [0.15, 0.2) is 30.3 Å². The Morgan fingerprint density at radius 1 is 0.706 bits per heavy atom. The third-order valence-corrected chi connectivity index (χ3v) is 2.44. The van der Waals surface area contributed by atoms with E-state index in [2.05, 4.69) is 0 Å². The Labute approximate surface area is 95.7 Å². The molecule has 0 atom stereocenters. The van der Waals surface area contributed by atoms with Crippen LogP contribution >= 0.6 is 0 Å². The molecule has 2 nitrogen and oxygen atoms in total. The molecule has 0 amide bonds. The predicted molar refractivity (Wildman–Crippen MR) is 60.6 cm³/mol. The van der Waals surface area contributed by atoms with E-state index in [9.17, 15) is 13.2 Å². The molecule has 5 heteroatoms. The molecule has 0 spiro atoms. The molecule has 0 aliphatic rings. The van der Waals surface area contributed by atoms with Crippen molar-refractivity contribution in [3.05, 3.63) is 47.8 Å². The van der Waals surface area contributed by atoms with Crippen molar-refractivity contribution in [3.63, 3.8) is 0 Å². The molecule has 0 saturated heterocycles. The zero-order valence-electron chi connectivity index (χ0n) is 8.68. The summed E-state index contributed by atoms with van der Waals surface area (Å²) >= 11 is 0. The predicted octanol–water partition coefficient (Wildman–Crippen LogP) is 2.94. The average Bonchev–Trinajstić information content (AvgIpc) is 2.28. The van der Waals surface area contributed by atoms with Crippen molar-refractivity contribution >= 4 is 11.4 Å². The van der Waals surface area contributed by atoms with Gasteiger partial charge in [0.2, 0.25) is 0 Å². The quantitative estimate of drug-likeness (QED) is 0.750. The van der Waals surface area contributed by atoms with Gasteiger partial charge in [0.15, 0.2) is 0 Å². The maximum atomic E-state index is 13.6. The molecule has 4 N–H and O–H groups in total. The molecule has 0 saturated carbocycles. The summed E-state index contributed by atoms with van der Waals surface area (Å²) in [6.45, 7) is 0. The van der Waals surface area contributed by atoms with E-state index >= 15 is 0 Å². The lowest BCUT2D eigenvalue weighted by Gasteiger charge is -2.11. The minimum atomic E-state index is -0.888. The number of nitrogen functional groups attached to an aromatic ring is 2. The van der Waals surface area contributed by atoms with Crippen LogP contribution in [-0.2, 0) is 0 Å². The van der Waals surface area contributed by atoms with Gasteiger partial charge in [0, 0.05) is 5.56 Å². The summed E-state index contributed by atoms with van der Waals surface area (Å²) in [5.74, 6) is -2.59. The first-order valence-corrected chi connectivity index (χ1v) is 4.80. The number of benzene rings is 2. The molecule has 0 radical (unpaired) electrons. The zero-order chi connectivity index (χ0) is 12.6. The molecule has 88 valence electrons. The summed E-state index contributed by atoms with van der Waals surface area (Å²) in [6.07, 6.45) is 0. The first-order chi connectivity index (χ1) is 8.02. The molecule has 0 unspecified atom stereocenters. The van der Waals surface area contributed by atoms with E-state index in [1.807, 2.05) is 0 Å². The van der Waals surface area contributed by atoms with Gasteiger partial charge in [0.05, 0.1) is 16.9 Å². The highest BCUT2D eigenvalue weighted by atomic mass is 19.1. The average molecular weight is 238 g/mol. The molecule has 0 bridgehead atoms. The van der Waals surface area contributed by atoms with Crippen molar-refractivity contribution in [1.29, 1.82) is 0 Å². The smallest absolute Gasteiger partial charge is 0.134 e. The Balaban J connectivity index is 2.82. The summed E-state index contributed by atoms with van der Waals surface area (Å²) in [6, 6.07) is 5.51. The van der Waals surface area contributed by atoms with Gasteiger partial charge in [-0.2, -0.15) is 0 Å². The molecular formula is C12H9F3N2. The van der Waals surface area contributed by atoms with Crippen molar-refractivity contribution in [3.8, 4) is 11.1 Å². The Hall–Kier alpha value is -2.17. The van der Waals surface area contributed by atoms with Crippen LogP contribution in [0.5, 0.6) is 0 Å². The van der Waals surface area contributed by atoms with Crippen molar-refractivity contribution in [2.24, 2.45) is 0 Å². The van der Waals surface area contributed by atoms with E-state index in [1.165, 1.54) is 12.1 Å². The van der Waals surface area contributed by atoms with Crippen molar-refractivity contribution < 1.29 is 13.2 Å². The number of anilines is 2. The number of halogens is 3. The standard InChI is InChI=1S/C12H9F3N2/c13-6-2-1-3-7(14)10(6)11-8(15)4-5-9(16)12(11)17/h1-5H,16-17H2. The maximum Gasteiger partial charge on any atom is 0.134 e. The zero-order valence-corrected chi connectivity index (χ0v) is 8.68. The van der Waals surface area contributed by atoms with Gasteiger partial charge < -0.3 is 11.5 Å². The van der Waals surface area contributed by atoms with Crippen molar-refractivity contribution in [2.75, 3.05) is 11.5 Å². The molecular weight excluding hydrogens is 229 g/mol. The fourth-order valence-electron chi connectivity index (χ4n) is 1.60. The van der Waals surface area contributed by atoms with Crippen LogP contribution < -0.4 is 11.5 Å². The summed E-state index contributed by atoms with van der Waals surface area (Å²) < 4.78 is 40.7. The van der Waals surface area contributed by atoms with Gasteiger partial charge >= 0.3 is 0 Å². The highest BCUT2D eigenvalue weighted by Crippen LogP contribution is 2.35. The van der Waals surface area contributed by atoms with E-state index in [1.54, 1.807) is 0 Å². The molecule has 0 aromatic heterocycles. The number of rotatable bonds is 1. The summed E-state index contributed by atoms with van der Waals surface area (Å²) in [4.78, 5) is 0. The second kappa shape index (κ2) is 4.01. The van der Waals surface area contributed by atoms with Crippen LogP contribution in [0.3, 0.4) is 0 Å². The number of nitrogens with two attached hydrogens (primary N) is 2. The summed E-state index contributed by atoms with van der Waals surface area (Å²) in [5.41, 5.74) is 10.1. The Morgan fingerprint density at radius 3 is 1.82 bits per heavy atom. The molecule has 0 aliphatic carbocycles. The van der Waals surface area contributed by atoms with Gasteiger partial charge in [-0.15, -0.1) is 0 Å². The highest BCUT2D eigenvalue weighted by molar-refractivity contribution is 5.85. The fourth-order valence-corrected chi connectivity index (χ4v) is 1.60. The minimum Gasteiger partial charge on any atom is -0.397 e. The van der Waals surface area contributed by atoms with Crippen LogP contribution in [0.1, 0.15) is 0 Å². The van der Waals surface area contributed by atoms with Crippen molar-refractivity contribution in [2.45, 2.75) is 0 Å². The van der Waals surface area contributed by atoms with Crippen LogP contribution in [0.4, 0.5) is 24.5 Å². The fraction of sp³-hybridized carbons (Fsp3) is 0. The molecule has 17 heavy (non-hydrogen) atoms. The molecule has 2 aromatic carbocycles. The second-order valence-corrected chi connectivity index (χ2v) is 3.52. The minimum absolute atomic E-state index is 0.0732. The van der Waals surface area contributed by atoms with Crippen molar-refractivity contribution in [1.82, 2.24) is 0 Å². The van der Waals surface area contributed by atoms with Gasteiger partial charge in [-0.05, 0) is 24.3 Å². The monoisotopic (exact) mass is 238 g/mol. The first-order valence-electron chi connectivity index (χ1n) is 4.80. The highest BCUT2D eigenvalue weighted by Gasteiger charge is 2.19. The van der Waals surface area contributed by atoms with Crippen LogP contribution in [0.2, 0.25) is 0 Å². The molecule has 2 aromatic rings. The van der Waals surface area contributed by atoms with E-state index in [-0.39, 0.29) is 16.9 Å². The van der Waals surface area contributed by atoms with E-state index < -0.39 is 23.0 Å². The molecule has 2 rings (SSSR count). The van der Waals surface area contributed by atoms with Gasteiger partial charge in [-0.1, -0.05) is 6.07 Å². The van der Waals surface area contributed by atoms with E-state index in [0.29, 0.717) is 0 Å². The van der Waals surface area contributed by atoms with Gasteiger partial charge in [-0.3, -0.25) is 0 Å². The number of hydrogen-bond acceptors (Lipinski definition) is 2. The van der Waals surface area contributed by atoms with Crippen LogP contribution in [0, 0.1) is 17.5 Å². The van der Waals surface area contributed by atoms with Crippen LogP contribution in [0.25, 0.3) is 11.1 Å². The Morgan fingerprint density at radius 2 is 1.24 bits per heavy atom. The lowest BCUT2D eigenvalue weighted by atomic mass is 10.0. The van der Waals surface area contributed by atoms with Gasteiger partial charge in [-0.25, -0.2) is 13.2 Å². The third-order valence-electron chi connectivity index (χ3n) is 2.44. The van der Waals surface area contributed by atoms with Crippen LogP contribution in [-0.4, -0.2) is 0 Å². The normalized spacial score (nSPS) is 10.5. The largest absolute Gasteiger partial charge is 0.397 e. The molecule has 0 aliphatic heterocycles. The third kappa shape index (κ3) is 1.80. The van der Waals surface area contributed by atoms with Gasteiger partial charge in [0.25, 0.3) is 0 Å². The molecule has 0 fully saturated rings. The Bertz CT molecular complexity index is 562.